The van der Waals surface area contributed by atoms with Crippen molar-refractivity contribution in [2.24, 2.45) is 0 Å². The van der Waals surface area contributed by atoms with Crippen molar-refractivity contribution in [2.75, 3.05) is 11.1 Å². The molecule has 1 saturated carbocycles. The molecule has 8 nitrogen and oxygen atoms in total. The molecular formula is C27H32FN7OS. The molecule has 0 amide bonds. The normalized spacial score (nSPS) is 30.7. The number of anilines is 1. The van der Waals surface area contributed by atoms with Gasteiger partial charge in [0.15, 0.2) is 0 Å². The van der Waals surface area contributed by atoms with E-state index in [1.165, 1.54) is 6.20 Å². The summed E-state index contributed by atoms with van der Waals surface area (Å²) < 4.78 is 38.3. The average molecular weight is 525 g/mol. The number of halogens is 1. The van der Waals surface area contributed by atoms with Crippen molar-refractivity contribution in [3.8, 4) is 28.1 Å². The molecule has 3 aromatic rings. The third-order valence-corrected chi connectivity index (χ3v) is 8.45. The van der Waals surface area contributed by atoms with E-state index < -0.39 is 17.9 Å². The van der Waals surface area contributed by atoms with Gasteiger partial charge >= 0.3 is 0 Å². The van der Waals surface area contributed by atoms with Gasteiger partial charge in [-0.2, -0.15) is 5.10 Å². The molecule has 2 bridgehead atoms. The molecule has 10 heteroatoms. The maximum atomic E-state index is 16.0. The Kier molecular flexibility index (Phi) is 5.23. The van der Waals surface area contributed by atoms with Crippen LogP contribution in [-0.2, 0) is 0 Å². The highest BCUT2D eigenvalue weighted by Gasteiger charge is 2.56. The second-order valence-corrected chi connectivity index (χ2v) is 11.7. The van der Waals surface area contributed by atoms with Crippen LogP contribution < -0.4 is 10.2 Å². The first kappa shape index (κ1) is 21.1. The molecule has 3 aliphatic rings. The molecule has 6 rings (SSSR count). The number of fused-ring (bicyclic) bond motifs is 2. The van der Waals surface area contributed by atoms with Gasteiger partial charge in [-0.3, -0.25) is 0 Å². The summed E-state index contributed by atoms with van der Waals surface area (Å²) in [6.07, 6.45) is 5.28. The number of hydrogen-bond donors (Lipinski definition) is 2. The Hall–Kier alpha value is -2.85. The molecule has 2 aromatic heterocycles. The van der Waals surface area contributed by atoms with Crippen molar-refractivity contribution >= 4 is 17.7 Å². The molecule has 4 atom stereocenters. The van der Waals surface area contributed by atoms with Crippen molar-refractivity contribution in [3.63, 3.8) is 0 Å². The molecule has 1 aromatic carbocycles. The fraction of sp³-hybridized carbons (Fsp3) is 0.519. The zero-order chi connectivity index (χ0) is 28.3. The first-order chi connectivity index (χ1) is 18.9. The van der Waals surface area contributed by atoms with Crippen LogP contribution in [0, 0.1) is 0 Å². The van der Waals surface area contributed by atoms with Crippen LogP contribution in [0.2, 0.25) is 0 Å². The largest absolute Gasteiger partial charge is 0.507 e. The summed E-state index contributed by atoms with van der Waals surface area (Å²) in [4.78, 5) is 6.67. The fourth-order valence-corrected chi connectivity index (χ4v) is 6.45. The van der Waals surface area contributed by atoms with Crippen molar-refractivity contribution < 1.29 is 13.6 Å². The Morgan fingerprint density at radius 3 is 2.73 bits per heavy atom. The summed E-state index contributed by atoms with van der Waals surface area (Å²) in [6.45, 7) is 4.19. The monoisotopic (exact) mass is 524 g/mol. The van der Waals surface area contributed by atoms with Gasteiger partial charge in [0.25, 0.3) is 0 Å². The quantitative estimate of drug-likeness (QED) is 0.441. The van der Waals surface area contributed by atoms with Crippen LogP contribution >= 0.6 is 11.8 Å². The van der Waals surface area contributed by atoms with Gasteiger partial charge in [0.1, 0.15) is 22.6 Å². The van der Waals surface area contributed by atoms with Crippen LogP contribution in [0.25, 0.3) is 22.4 Å². The third-order valence-electron chi connectivity index (χ3n) is 8.04. The number of thioether (sulfide) groups is 1. The highest BCUT2D eigenvalue weighted by molar-refractivity contribution is 7.98. The topological polar surface area (TPSA) is 100.0 Å². The lowest BCUT2D eigenvalue weighted by atomic mass is 9.68. The van der Waals surface area contributed by atoms with E-state index >= 15 is 4.39 Å². The number of phenols is 1. The molecule has 4 heterocycles. The van der Waals surface area contributed by atoms with E-state index in [4.69, 9.17) is 4.11 Å². The number of nitrogens with zero attached hydrogens (tertiary/aromatic N) is 6. The number of aromatic nitrogens is 5. The van der Waals surface area contributed by atoms with Crippen molar-refractivity contribution in [3.05, 3.63) is 36.7 Å². The molecule has 2 N–H and O–H groups in total. The van der Waals surface area contributed by atoms with Crippen LogP contribution in [0.4, 0.5) is 10.3 Å². The Morgan fingerprint density at radius 2 is 2.00 bits per heavy atom. The van der Waals surface area contributed by atoms with E-state index in [1.54, 1.807) is 30.5 Å². The van der Waals surface area contributed by atoms with E-state index in [1.807, 2.05) is 6.92 Å². The number of benzene rings is 1. The molecule has 0 spiro atoms. The van der Waals surface area contributed by atoms with Crippen LogP contribution in [0.3, 0.4) is 0 Å². The zero-order valence-electron chi connectivity index (χ0n) is 23.9. The number of hydrogen-bond acceptors (Lipinski definition) is 9. The Labute approximate surface area is 224 Å². The first-order valence-electron chi connectivity index (χ1n) is 14.2. The second-order valence-electron chi connectivity index (χ2n) is 11.0. The van der Waals surface area contributed by atoms with E-state index in [-0.39, 0.29) is 28.4 Å². The predicted molar refractivity (Wildman–Crippen MR) is 142 cm³/mol. The van der Waals surface area contributed by atoms with Crippen molar-refractivity contribution in [2.45, 2.75) is 86.7 Å². The standard InChI is InChI=1S/C27H32FN7OS/c1-26-9-4-10-27(2,34-26)24(28)21(13-26)35(18-6-7-18)25-29-15-20(31-33-25)19-8-5-16(11-22(19)36)17-12-23(37-3)32-30-14-17/h5,8,11-12,14-15,18,21,24,34,36H,4,6-7,9-10,13H2,1-3H3/t21-,24-,26-,27+/m0/s1/i3D3. The van der Waals surface area contributed by atoms with Gasteiger partial charge in [0.2, 0.25) is 5.95 Å². The lowest BCUT2D eigenvalue weighted by Crippen LogP contribution is -2.73. The van der Waals surface area contributed by atoms with Crippen LogP contribution in [0.15, 0.2) is 41.7 Å². The molecule has 194 valence electrons. The van der Waals surface area contributed by atoms with Gasteiger partial charge in [-0.15, -0.1) is 27.1 Å². The van der Waals surface area contributed by atoms with Gasteiger partial charge in [0.05, 0.1) is 18.4 Å². The lowest BCUT2D eigenvalue weighted by Gasteiger charge is -2.57. The summed E-state index contributed by atoms with van der Waals surface area (Å²) >= 11 is 0.645. The fourth-order valence-electron chi connectivity index (χ4n) is 6.18. The molecule has 2 aliphatic heterocycles. The van der Waals surface area contributed by atoms with Crippen LogP contribution in [0.1, 0.15) is 56.5 Å². The van der Waals surface area contributed by atoms with Gasteiger partial charge < -0.3 is 15.3 Å². The number of aromatic hydroxyl groups is 1. The highest BCUT2D eigenvalue weighted by Crippen LogP contribution is 2.46. The molecule has 2 saturated heterocycles. The number of alkyl halides is 1. The van der Waals surface area contributed by atoms with Crippen LogP contribution in [0.5, 0.6) is 5.75 Å². The van der Waals surface area contributed by atoms with Crippen molar-refractivity contribution in [1.82, 2.24) is 30.7 Å². The first-order valence-corrected chi connectivity index (χ1v) is 13.5. The highest BCUT2D eigenvalue weighted by atomic mass is 32.2. The third kappa shape index (κ3) is 4.54. The van der Waals surface area contributed by atoms with Gasteiger partial charge in [-0.1, -0.05) is 6.07 Å². The summed E-state index contributed by atoms with van der Waals surface area (Å²) in [5, 5.41) is 31.3. The Morgan fingerprint density at radius 1 is 1.14 bits per heavy atom. The van der Waals surface area contributed by atoms with Gasteiger partial charge in [-0.05, 0) is 82.3 Å². The second kappa shape index (κ2) is 9.16. The minimum atomic E-state index is -2.24. The predicted octanol–water partition coefficient (Wildman–Crippen LogP) is 4.79. The average Bonchev–Trinajstić information content (AvgIpc) is 3.72. The number of piperidine rings is 2. The lowest BCUT2D eigenvalue weighted by molar-refractivity contribution is 0.0000874. The van der Waals surface area contributed by atoms with E-state index in [2.05, 4.69) is 42.5 Å². The molecule has 1 aliphatic carbocycles. The minimum Gasteiger partial charge on any atom is -0.507 e. The van der Waals surface area contributed by atoms with E-state index in [0.717, 1.165) is 32.1 Å². The molecule has 37 heavy (non-hydrogen) atoms. The molecular weight excluding hydrogens is 489 g/mol. The molecule has 0 radical (unpaired) electrons. The smallest absolute Gasteiger partial charge is 0.245 e. The minimum absolute atomic E-state index is 0.0295. The maximum Gasteiger partial charge on any atom is 0.245 e. The Bertz CT molecular complexity index is 1410. The van der Waals surface area contributed by atoms with E-state index in [9.17, 15) is 5.11 Å². The molecule has 3 fully saturated rings. The number of rotatable bonds is 6. The number of nitrogens with one attached hydrogen (secondary N) is 1. The summed E-state index contributed by atoms with van der Waals surface area (Å²) in [7, 11) is 0. The van der Waals surface area contributed by atoms with Gasteiger partial charge in [0, 0.05) is 32.4 Å². The summed E-state index contributed by atoms with van der Waals surface area (Å²) in [5.74, 6) is 0.391. The number of phenolic OH excluding ortho intramolecular Hbond substituents is 1. The SMILES string of the molecule is [2H]C([2H])([2H])Sc1cc(-c2ccc(-c3cnc(N(C4CC4)[C@H]4C[C@]5(C)CCC[C@@](C)(N5)[C@H]4F)nn3)c(O)c2)cnn1. The summed E-state index contributed by atoms with van der Waals surface area (Å²) in [5.41, 5.74) is 1.43. The van der Waals surface area contributed by atoms with Gasteiger partial charge in [-0.25, -0.2) is 9.37 Å². The Balaban J connectivity index is 1.25. The van der Waals surface area contributed by atoms with Crippen molar-refractivity contribution in [1.29, 1.82) is 0 Å². The van der Waals surface area contributed by atoms with E-state index in [0.29, 0.717) is 46.5 Å². The zero-order valence-corrected chi connectivity index (χ0v) is 21.7. The maximum absolute atomic E-state index is 16.0. The van der Waals surface area contributed by atoms with Crippen LogP contribution in [-0.4, -0.2) is 66.0 Å². The summed E-state index contributed by atoms with van der Waals surface area (Å²) in [6, 6.07) is 6.55. The molecule has 0 unspecified atom stereocenters.